The number of hydrogen-bond acceptors (Lipinski definition) is 4. The van der Waals surface area contributed by atoms with Crippen molar-refractivity contribution in [1.82, 2.24) is 9.78 Å². The Hall–Kier alpha value is -1.72. The zero-order valence-electron chi connectivity index (χ0n) is 8.61. The van der Waals surface area contributed by atoms with Crippen LogP contribution < -0.4 is 11.2 Å². The van der Waals surface area contributed by atoms with Gasteiger partial charge in [-0.25, -0.2) is 0 Å². The number of nitrogens with one attached hydrogen (secondary N) is 1. The van der Waals surface area contributed by atoms with Gasteiger partial charge in [0.2, 0.25) is 0 Å². The van der Waals surface area contributed by atoms with E-state index >= 15 is 0 Å². The van der Waals surface area contributed by atoms with Gasteiger partial charge in [0.15, 0.2) is 5.82 Å². The summed E-state index contributed by atoms with van der Waals surface area (Å²) in [5, 5.41) is 13.4. The smallest absolute Gasteiger partial charge is 0.153 e. The molecule has 1 aromatic carbocycles. The highest BCUT2D eigenvalue weighted by Crippen LogP contribution is 2.33. The van der Waals surface area contributed by atoms with Crippen molar-refractivity contribution in [3.63, 3.8) is 0 Å². The Balaban J connectivity index is 2.58. The lowest BCUT2D eigenvalue weighted by Gasteiger charge is -2.05. The van der Waals surface area contributed by atoms with E-state index in [1.54, 1.807) is 36.1 Å². The van der Waals surface area contributed by atoms with Gasteiger partial charge in [-0.2, -0.15) is 5.10 Å². The zero-order chi connectivity index (χ0) is 11.7. The summed E-state index contributed by atoms with van der Waals surface area (Å²) in [6, 6.07) is 5.05. The number of aryl methyl sites for hydroxylation is 1. The van der Waals surface area contributed by atoms with Gasteiger partial charge >= 0.3 is 0 Å². The van der Waals surface area contributed by atoms with Crippen LogP contribution >= 0.6 is 11.6 Å². The molecule has 2 aromatic rings. The SMILES string of the molecule is Cn1cc(-c2cc(NO)ccc2Cl)c(N)n1. The van der Waals surface area contributed by atoms with Crippen LogP contribution in [0.1, 0.15) is 0 Å². The van der Waals surface area contributed by atoms with Crippen LogP contribution in [0.25, 0.3) is 11.1 Å². The predicted molar refractivity (Wildman–Crippen MR) is 63.5 cm³/mol. The van der Waals surface area contributed by atoms with Gasteiger partial charge in [-0.15, -0.1) is 0 Å². The summed E-state index contributed by atoms with van der Waals surface area (Å²) in [7, 11) is 1.78. The van der Waals surface area contributed by atoms with E-state index in [-0.39, 0.29) is 0 Å². The number of halogens is 1. The van der Waals surface area contributed by atoms with Crippen LogP contribution in [0.2, 0.25) is 5.02 Å². The fraction of sp³-hybridized carbons (Fsp3) is 0.100. The number of nitrogens with zero attached hydrogens (tertiary/aromatic N) is 2. The van der Waals surface area contributed by atoms with Gasteiger partial charge in [0.1, 0.15) is 0 Å². The summed E-state index contributed by atoms with van der Waals surface area (Å²) in [4.78, 5) is 0. The summed E-state index contributed by atoms with van der Waals surface area (Å²) in [5.74, 6) is 0.402. The average molecular weight is 239 g/mol. The first-order valence-electron chi connectivity index (χ1n) is 4.61. The second-order valence-corrected chi connectivity index (χ2v) is 3.82. The third-order valence-corrected chi connectivity index (χ3v) is 2.57. The van der Waals surface area contributed by atoms with Crippen LogP contribution in [0.3, 0.4) is 0 Å². The van der Waals surface area contributed by atoms with Crippen molar-refractivity contribution in [2.24, 2.45) is 7.05 Å². The lowest BCUT2D eigenvalue weighted by molar-refractivity contribution is 0.389. The molecule has 0 unspecified atom stereocenters. The second kappa shape index (κ2) is 4.03. The molecule has 0 saturated heterocycles. The third-order valence-electron chi connectivity index (χ3n) is 2.24. The molecule has 0 aliphatic heterocycles. The molecule has 0 amide bonds. The molecule has 84 valence electrons. The number of nitrogen functional groups attached to an aromatic ring is 1. The van der Waals surface area contributed by atoms with Crippen LogP contribution in [0.15, 0.2) is 24.4 Å². The summed E-state index contributed by atoms with van der Waals surface area (Å²) in [6.45, 7) is 0. The summed E-state index contributed by atoms with van der Waals surface area (Å²) in [5.41, 5.74) is 9.84. The Labute approximate surface area is 97.4 Å². The zero-order valence-corrected chi connectivity index (χ0v) is 9.36. The molecule has 0 bridgehead atoms. The van der Waals surface area contributed by atoms with Crippen molar-refractivity contribution < 1.29 is 5.21 Å². The van der Waals surface area contributed by atoms with E-state index in [0.717, 1.165) is 11.1 Å². The molecule has 4 N–H and O–H groups in total. The van der Waals surface area contributed by atoms with Gasteiger partial charge in [-0.1, -0.05) is 11.6 Å². The Bertz CT molecular complexity index is 524. The van der Waals surface area contributed by atoms with E-state index in [0.29, 0.717) is 16.5 Å². The summed E-state index contributed by atoms with van der Waals surface area (Å²) < 4.78 is 1.61. The number of rotatable bonds is 2. The molecule has 1 heterocycles. The van der Waals surface area contributed by atoms with E-state index in [2.05, 4.69) is 10.6 Å². The Kier molecular flexibility index (Phi) is 2.72. The molecule has 5 nitrogen and oxygen atoms in total. The van der Waals surface area contributed by atoms with Crippen molar-refractivity contribution in [2.75, 3.05) is 11.2 Å². The minimum Gasteiger partial charge on any atom is -0.382 e. The quantitative estimate of drug-likeness (QED) is 0.701. The molecular weight excluding hydrogens is 228 g/mol. The van der Waals surface area contributed by atoms with E-state index in [1.807, 2.05) is 0 Å². The molecule has 0 aliphatic carbocycles. The van der Waals surface area contributed by atoms with Gasteiger partial charge in [0.05, 0.1) is 5.69 Å². The minimum atomic E-state index is 0.402. The first-order valence-corrected chi connectivity index (χ1v) is 4.98. The van der Waals surface area contributed by atoms with Crippen LogP contribution in [0, 0.1) is 0 Å². The molecule has 0 radical (unpaired) electrons. The maximum atomic E-state index is 8.83. The minimum absolute atomic E-state index is 0.402. The highest BCUT2D eigenvalue weighted by Gasteiger charge is 2.11. The second-order valence-electron chi connectivity index (χ2n) is 3.41. The molecular formula is C10H11ClN4O. The standard InChI is InChI=1S/C10H11ClN4O/c1-15-5-8(10(12)13-15)7-4-6(14-16)2-3-9(7)11/h2-5,14,16H,1H3,(H2,12,13). The number of aromatic nitrogens is 2. The van der Waals surface area contributed by atoms with Gasteiger partial charge in [-0.3, -0.25) is 15.4 Å². The Morgan fingerprint density at radius 2 is 2.19 bits per heavy atom. The van der Waals surface area contributed by atoms with Crippen molar-refractivity contribution >= 4 is 23.1 Å². The molecule has 0 aliphatic rings. The van der Waals surface area contributed by atoms with E-state index < -0.39 is 0 Å². The number of anilines is 2. The highest BCUT2D eigenvalue weighted by molar-refractivity contribution is 6.33. The van der Waals surface area contributed by atoms with Gasteiger partial charge in [-0.05, 0) is 18.2 Å². The van der Waals surface area contributed by atoms with E-state index in [9.17, 15) is 0 Å². The fourth-order valence-electron chi connectivity index (χ4n) is 1.51. The van der Waals surface area contributed by atoms with Gasteiger partial charge < -0.3 is 5.73 Å². The van der Waals surface area contributed by atoms with E-state index in [4.69, 9.17) is 22.5 Å². The lowest BCUT2D eigenvalue weighted by Crippen LogP contribution is -1.92. The fourth-order valence-corrected chi connectivity index (χ4v) is 1.73. The first kappa shape index (κ1) is 10.8. The molecule has 0 atom stereocenters. The molecule has 0 saturated carbocycles. The van der Waals surface area contributed by atoms with Crippen LogP contribution in [-0.2, 0) is 7.05 Å². The number of nitrogens with two attached hydrogens (primary N) is 1. The van der Waals surface area contributed by atoms with Crippen molar-refractivity contribution in [3.8, 4) is 11.1 Å². The number of hydrogen-bond donors (Lipinski definition) is 3. The molecule has 16 heavy (non-hydrogen) atoms. The lowest BCUT2D eigenvalue weighted by atomic mass is 10.1. The van der Waals surface area contributed by atoms with Crippen LogP contribution in [0.5, 0.6) is 0 Å². The highest BCUT2D eigenvalue weighted by atomic mass is 35.5. The average Bonchev–Trinajstić information content (AvgIpc) is 2.58. The van der Waals surface area contributed by atoms with Crippen molar-refractivity contribution in [1.29, 1.82) is 0 Å². The third kappa shape index (κ3) is 1.82. The van der Waals surface area contributed by atoms with Crippen molar-refractivity contribution in [2.45, 2.75) is 0 Å². The Morgan fingerprint density at radius 1 is 1.44 bits per heavy atom. The van der Waals surface area contributed by atoms with Crippen molar-refractivity contribution in [3.05, 3.63) is 29.4 Å². The monoisotopic (exact) mass is 238 g/mol. The molecule has 2 rings (SSSR count). The van der Waals surface area contributed by atoms with E-state index in [1.165, 1.54) is 0 Å². The molecule has 1 aromatic heterocycles. The Morgan fingerprint density at radius 3 is 2.75 bits per heavy atom. The first-order chi connectivity index (χ1) is 7.61. The van der Waals surface area contributed by atoms with Crippen LogP contribution in [-0.4, -0.2) is 15.0 Å². The number of benzene rings is 1. The summed E-state index contributed by atoms with van der Waals surface area (Å²) in [6.07, 6.45) is 1.78. The molecule has 0 fully saturated rings. The molecule has 6 heteroatoms. The van der Waals surface area contributed by atoms with Crippen LogP contribution in [0.4, 0.5) is 11.5 Å². The largest absolute Gasteiger partial charge is 0.382 e. The topological polar surface area (TPSA) is 76.1 Å². The summed E-state index contributed by atoms with van der Waals surface area (Å²) >= 11 is 6.07. The predicted octanol–water partition coefficient (Wildman–Crippen LogP) is 2.12. The van der Waals surface area contributed by atoms with Gasteiger partial charge in [0.25, 0.3) is 0 Å². The molecule has 0 spiro atoms. The maximum Gasteiger partial charge on any atom is 0.153 e. The normalized spacial score (nSPS) is 10.4. The van der Waals surface area contributed by atoms with Gasteiger partial charge in [0, 0.05) is 29.4 Å². The maximum absolute atomic E-state index is 8.83.